The Morgan fingerprint density at radius 2 is 2.07 bits per heavy atom. The molecule has 80 valence electrons. The fourth-order valence-corrected chi connectivity index (χ4v) is 1.13. The van der Waals surface area contributed by atoms with Crippen LogP contribution in [0.5, 0.6) is 0 Å². The zero-order chi connectivity index (χ0) is 11.1. The lowest BCUT2D eigenvalue weighted by Gasteiger charge is -2.13. The number of carbonyl (C=O) groups is 2. The van der Waals surface area contributed by atoms with E-state index in [0.29, 0.717) is 4.32 Å². The summed E-state index contributed by atoms with van der Waals surface area (Å²) in [6.07, 6.45) is 1.54. The van der Waals surface area contributed by atoms with Crippen molar-refractivity contribution in [2.24, 2.45) is 0 Å². The molecule has 0 aromatic rings. The third-order valence-electron chi connectivity index (χ3n) is 1.42. The first-order valence-electron chi connectivity index (χ1n) is 3.76. The highest BCUT2D eigenvalue weighted by molar-refractivity contribution is 8.22. The van der Waals surface area contributed by atoms with E-state index in [1.165, 1.54) is 11.8 Å². The fraction of sp³-hybridized carbons (Fsp3) is 0.571. The van der Waals surface area contributed by atoms with Gasteiger partial charge in [0.25, 0.3) is 0 Å². The molecular weight excluding hydrogens is 226 g/mol. The van der Waals surface area contributed by atoms with Gasteiger partial charge in [-0.25, -0.2) is 4.79 Å². The van der Waals surface area contributed by atoms with Crippen LogP contribution >= 0.6 is 24.0 Å². The molecule has 1 unspecified atom stereocenters. The molecule has 5 nitrogen and oxygen atoms in total. The predicted octanol–water partition coefficient (Wildman–Crippen LogP) is 0.542. The predicted molar refractivity (Wildman–Crippen MR) is 57.5 cm³/mol. The smallest absolute Gasteiger partial charge is 0.326 e. The van der Waals surface area contributed by atoms with Crippen molar-refractivity contribution in [3.05, 3.63) is 0 Å². The van der Waals surface area contributed by atoms with Gasteiger partial charge in [-0.1, -0.05) is 12.2 Å². The van der Waals surface area contributed by atoms with E-state index in [9.17, 15) is 9.59 Å². The zero-order valence-corrected chi connectivity index (χ0v) is 9.15. The van der Waals surface area contributed by atoms with E-state index in [1.807, 2.05) is 0 Å². The van der Waals surface area contributed by atoms with Gasteiger partial charge < -0.3 is 15.5 Å². The first kappa shape index (κ1) is 13.2. The van der Waals surface area contributed by atoms with Gasteiger partial charge in [-0.3, -0.25) is 4.79 Å². The second kappa shape index (κ2) is 6.61. The summed E-state index contributed by atoms with van der Waals surface area (Å²) in [6, 6.07) is -0.925. The Labute approximate surface area is 90.9 Å². The van der Waals surface area contributed by atoms with Crippen molar-refractivity contribution in [1.82, 2.24) is 5.32 Å². The van der Waals surface area contributed by atoms with E-state index in [4.69, 9.17) is 22.4 Å². The third kappa shape index (κ3) is 5.76. The van der Waals surface area contributed by atoms with Gasteiger partial charge in [0.2, 0.25) is 0 Å². The van der Waals surface area contributed by atoms with Crippen LogP contribution in [0, 0.1) is 0 Å². The number of rotatable bonds is 5. The number of aliphatic carboxylic acids is 2. The van der Waals surface area contributed by atoms with Gasteiger partial charge >= 0.3 is 11.9 Å². The Hall–Kier alpha value is -0.820. The zero-order valence-electron chi connectivity index (χ0n) is 7.52. The van der Waals surface area contributed by atoms with Crippen LogP contribution in [-0.4, -0.2) is 38.8 Å². The van der Waals surface area contributed by atoms with Gasteiger partial charge in [-0.2, -0.15) is 0 Å². The van der Waals surface area contributed by atoms with Crippen molar-refractivity contribution in [1.29, 1.82) is 0 Å². The highest BCUT2D eigenvalue weighted by Gasteiger charge is 2.18. The maximum atomic E-state index is 10.6. The molecule has 14 heavy (non-hydrogen) atoms. The lowest BCUT2D eigenvalue weighted by atomic mass is 10.1. The highest BCUT2D eigenvalue weighted by Crippen LogP contribution is 2.02. The molecule has 0 aromatic carbocycles. The van der Waals surface area contributed by atoms with Crippen molar-refractivity contribution in [3.8, 4) is 0 Å². The Bertz CT molecular complexity index is 244. The summed E-state index contributed by atoms with van der Waals surface area (Å²) < 4.78 is 0.350. The van der Waals surface area contributed by atoms with E-state index in [2.05, 4.69) is 5.32 Å². The quantitative estimate of drug-likeness (QED) is 0.602. The van der Waals surface area contributed by atoms with Crippen LogP contribution in [0.3, 0.4) is 0 Å². The molecule has 0 aliphatic heterocycles. The lowest BCUT2D eigenvalue weighted by Crippen LogP contribution is -2.39. The largest absolute Gasteiger partial charge is 0.481 e. The average molecular weight is 237 g/mol. The summed E-state index contributed by atoms with van der Waals surface area (Å²) in [7, 11) is 0. The van der Waals surface area contributed by atoms with Gasteiger partial charge in [0, 0.05) is 6.42 Å². The molecule has 0 aromatic heterocycles. The van der Waals surface area contributed by atoms with Gasteiger partial charge in [-0.15, -0.1) is 11.8 Å². The first-order chi connectivity index (χ1) is 6.47. The second-order valence-corrected chi connectivity index (χ2v) is 3.94. The molecular formula is C7H11NO4S2. The van der Waals surface area contributed by atoms with Gasteiger partial charge in [0.15, 0.2) is 0 Å². The third-order valence-corrected chi connectivity index (χ3v) is 2.53. The molecule has 7 heteroatoms. The topological polar surface area (TPSA) is 86.6 Å². The Morgan fingerprint density at radius 1 is 1.50 bits per heavy atom. The number of hydrogen-bond acceptors (Lipinski definition) is 4. The SMILES string of the molecule is CSC(=S)NC(CCC(=O)O)C(=O)O. The molecule has 0 saturated carbocycles. The van der Waals surface area contributed by atoms with Crippen LogP contribution in [0.2, 0.25) is 0 Å². The van der Waals surface area contributed by atoms with Crippen molar-refractivity contribution < 1.29 is 19.8 Å². The van der Waals surface area contributed by atoms with Gasteiger partial charge in [0.1, 0.15) is 10.4 Å². The minimum absolute atomic E-state index is 0.0192. The molecule has 0 aliphatic carbocycles. The normalized spacial score (nSPS) is 11.8. The van der Waals surface area contributed by atoms with E-state index in [1.54, 1.807) is 6.26 Å². The molecule has 0 heterocycles. The van der Waals surface area contributed by atoms with Crippen molar-refractivity contribution in [3.63, 3.8) is 0 Å². The number of carboxylic acids is 2. The maximum absolute atomic E-state index is 10.6. The van der Waals surface area contributed by atoms with Crippen LogP contribution < -0.4 is 5.32 Å². The van der Waals surface area contributed by atoms with Crippen molar-refractivity contribution >= 4 is 40.2 Å². The monoisotopic (exact) mass is 237 g/mol. The van der Waals surface area contributed by atoms with Crippen LogP contribution in [0.4, 0.5) is 0 Å². The first-order valence-corrected chi connectivity index (χ1v) is 5.39. The fourth-order valence-electron chi connectivity index (χ4n) is 0.726. The summed E-state index contributed by atoms with van der Waals surface area (Å²) in [5.41, 5.74) is 0. The van der Waals surface area contributed by atoms with E-state index < -0.39 is 18.0 Å². The molecule has 0 bridgehead atoms. The second-order valence-electron chi connectivity index (χ2n) is 2.46. The molecule has 0 fully saturated rings. The van der Waals surface area contributed by atoms with Crippen LogP contribution in [0.1, 0.15) is 12.8 Å². The number of nitrogens with one attached hydrogen (secondary N) is 1. The molecule has 0 radical (unpaired) electrons. The Balaban J connectivity index is 4.09. The standard InChI is InChI=1S/C7H11NO4S2/c1-14-7(13)8-4(6(11)12)2-3-5(9)10/h4H,2-3H2,1H3,(H,8,13)(H,9,10)(H,11,12). The van der Waals surface area contributed by atoms with E-state index in [-0.39, 0.29) is 12.8 Å². The molecule has 3 N–H and O–H groups in total. The summed E-state index contributed by atoms with van der Waals surface area (Å²) in [4.78, 5) is 20.9. The van der Waals surface area contributed by atoms with Crippen molar-refractivity contribution in [2.45, 2.75) is 18.9 Å². The van der Waals surface area contributed by atoms with E-state index >= 15 is 0 Å². The molecule has 0 aliphatic rings. The van der Waals surface area contributed by atoms with Crippen molar-refractivity contribution in [2.75, 3.05) is 6.26 Å². The minimum atomic E-state index is -1.09. The highest BCUT2D eigenvalue weighted by atomic mass is 32.2. The van der Waals surface area contributed by atoms with Gasteiger partial charge in [0.05, 0.1) is 0 Å². The lowest BCUT2D eigenvalue weighted by molar-refractivity contribution is -0.140. The van der Waals surface area contributed by atoms with Crippen LogP contribution in [-0.2, 0) is 9.59 Å². The molecule has 1 atom stereocenters. The van der Waals surface area contributed by atoms with Crippen LogP contribution in [0.15, 0.2) is 0 Å². The molecule has 0 saturated heterocycles. The summed E-state index contributed by atoms with van der Waals surface area (Å²) in [5.74, 6) is -2.12. The number of hydrogen-bond donors (Lipinski definition) is 3. The summed E-state index contributed by atoms with van der Waals surface area (Å²) >= 11 is 5.99. The summed E-state index contributed by atoms with van der Waals surface area (Å²) in [5, 5.41) is 19.6. The van der Waals surface area contributed by atoms with E-state index in [0.717, 1.165) is 0 Å². The number of thioether (sulfide) groups is 1. The number of carboxylic acid groups (broad SMARTS) is 2. The molecule has 0 rings (SSSR count). The Kier molecular flexibility index (Phi) is 6.22. The Morgan fingerprint density at radius 3 is 2.43 bits per heavy atom. The maximum Gasteiger partial charge on any atom is 0.326 e. The van der Waals surface area contributed by atoms with Gasteiger partial charge in [-0.05, 0) is 12.7 Å². The molecule has 0 spiro atoms. The summed E-state index contributed by atoms with van der Waals surface area (Å²) in [6.45, 7) is 0. The average Bonchev–Trinajstić information content (AvgIpc) is 2.10. The minimum Gasteiger partial charge on any atom is -0.481 e. The number of thiocarbonyl (C=S) groups is 1. The van der Waals surface area contributed by atoms with Crippen LogP contribution in [0.25, 0.3) is 0 Å². The molecule has 0 amide bonds.